The molecule has 0 radical (unpaired) electrons. The molecule has 0 amide bonds. The van der Waals surface area contributed by atoms with Gasteiger partial charge in [0.2, 0.25) is 10.0 Å². The van der Waals surface area contributed by atoms with Crippen molar-refractivity contribution in [2.45, 2.75) is 23.6 Å². The summed E-state index contributed by atoms with van der Waals surface area (Å²) >= 11 is 5.82. The lowest BCUT2D eigenvalue weighted by atomic mass is 9.98. The normalized spacial score (nSPS) is 18.5. The fraction of sp³-hybridized carbons (Fsp3) is 0.714. The Balaban J connectivity index is 2.07. The molecule has 0 atom stereocenters. The van der Waals surface area contributed by atoms with Crippen LogP contribution < -0.4 is 0 Å². The Morgan fingerprint density at radius 2 is 1.95 bits per heavy atom. The van der Waals surface area contributed by atoms with Crippen LogP contribution in [0.15, 0.2) is 17.2 Å². The molecule has 0 aromatic carbocycles. The summed E-state index contributed by atoms with van der Waals surface area (Å²) < 4.78 is 28.7. The first kappa shape index (κ1) is 16.8. The molecule has 1 aromatic rings. The molecule has 0 N–H and O–H groups in total. The molecule has 2 heterocycles. The fourth-order valence-electron chi connectivity index (χ4n) is 2.85. The molecule has 21 heavy (non-hydrogen) atoms. The lowest BCUT2D eigenvalue weighted by molar-refractivity contribution is 0.225. The van der Waals surface area contributed by atoms with Gasteiger partial charge in [0.25, 0.3) is 0 Å². The minimum atomic E-state index is -3.39. The van der Waals surface area contributed by atoms with Crippen molar-refractivity contribution < 1.29 is 8.42 Å². The van der Waals surface area contributed by atoms with Crippen molar-refractivity contribution >= 4 is 21.6 Å². The van der Waals surface area contributed by atoms with Crippen LogP contribution in [0.25, 0.3) is 0 Å². The average Bonchev–Trinajstić information content (AvgIpc) is 2.80. The van der Waals surface area contributed by atoms with Crippen molar-refractivity contribution in [2.75, 3.05) is 33.7 Å². The fourth-order valence-corrected chi connectivity index (χ4v) is 4.68. The largest absolute Gasteiger partial charge is 0.352 e. The molecule has 1 aliphatic heterocycles. The third kappa shape index (κ3) is 3.80. The van der Waals surface area contributed by atoms with Crippen LogP contribution in [-0.2, 0) is 23.0 Å². The van der Waals surface area contributed by atoms with Gasteiger partial charge in [-0.15, -0.1) is 11.6 Å². The first-order valence-corrected chi connectivity index (χ1v) is 9.18. The zero-order chi connectivity index (χ0) is 15.6. The summed E-state index contributed by atoms with van der Waals surface area (Å²) in [5.74, 6) is 0.900. The number of sulfonamides is 1. The van der Waals surface area contributed by atoms with Crippen LogP contribution in [0.1, 0.15) is 18.5 Å². The van der Waals surface area contributed by atoms with Gasteiger partial charge in [-0.1, -0.05) is 0 Å². The van der Waals surface area contributed by atoms with E-state index in [2.05, 4.69) is 19.0 Å². The van der Waals surface area contributed by atoms with Crippen LogP contribution in [0.2, 0.25) is 0 Å². The van der Waals surface area contributed by atoms with E-state index in [1.165, 1.54) is 0 Å². The molecule has 7 heteroatoms. The first-order chi connectivity index (χ1) is 9.84. The predicted molar refractivity (Wildman–Crippen MR) is 85.0 cm³/mol. The molecule has 1 aliphatic rings. The van der Waals surface area contributed by atoms with Gasteiger partial charge >= 0.3 is 0 Å². The lowest BCUT2D eigenvalue weighted by Crippen LogP contribution is -2.40. The summed E-state index contributed by atoms with van der Waals surface area (Å²) in [6, 6.07) is 1.67. The van der Waals surface area contributed by atoms with E-state index in [0.717, 1.165) is 25.1 Å². The summed E-state index contributed by atoms with van der Waals surface area (Å²) in [6.07, 6.45) is 3.50. The first-order valence-electron chi connectivity index (χ1n) is 7.20. The van der Waals surface area contributed by atoms with Gasteiger partial charge < -0.3 is 9.47 Å². The van der Waals surface area contributed by atoms with Gasteiger partial charge in [0.1, 0.15) is 4.90 Å². The maximum absolute atomic E-state index is 12.7. The second kappa shape index (κ2) is 6.69. The molecule has 0 bridgehead atoms. The number of alkyl halides is 1. The zero-order valence-corrected chi connectivity index (χ0v) is 14.5. The standard InChI is InChI=1S/C14H24ClN3O2S/c1-16(2)10-12-4-6-18(7-5-12)21(19,20)14-8-13(9-15)17(3)11-14/h8,11-12H,4-7,9-10H2,1-3H3. The van der Waals surface area contributed by atoms with Crippen molar-refractivity contribution in [3.05, 3.63) is 18.0 Å². The summed E-state index contributed by atoms with van der Waals surface area (Å²) in [7, 11) is 2.55. The van der Waals surface area contributed by atoms with E-state index in [4.69, 9.17) is 11.6 Å². The summed E-state index contributed by atoms with van der Waals surface area (Å²) in [5, 5.41) is 0. The molecule has 1 fully saturated rings. The third-order valence-corrected chi connectivity index (χ3v) is 6.19. The average molecular weight is 334 g/mol. The SMILES string of the molecule is CN(C)CC1CCN(S(=O)(=O)c2cc(CCl)n(C)c2)CC1. The Labute approximate surface area is 132 Å². The van der Waals surface area contributed by atoms with E-state index in [1.807, 2.05) is 7.05 Å². The second-order valence-corrected chi connectivity index (χ2v) is 8.23. The highest BCUT2D eigenvalue weighted by atomic mass is 35.5. The van der Waals surface area contributed by atoms with Crippen molar-refractivity contribution in [1.82, 2.24) is 13.8 Å². The molecule has 1 aromatic heterocycles. The van der Waals surface area contributed by atoms with Gasteiger partial charge in [0, 0.05) is 38.6 Å². The summed E-state index contributed by atoms with van der Waals surface area (Å²) in [5.41, 5.74) is 0.817. The molecular formula is C14H24ClN3O2S. The zero-order valence-electron chi connectivity index (χ0n) is 12.9. The Hall–Kier alpha value is -0.560. The minimum Gasteiger partial charge on any atom is -0.352 e. The van der Waals surface area contributed by atoms with Gasteiger partial charge in [-0.3, -0.25) is 0 Å². The van der Waals surface area contributed by atoms with Crippen LogP contribution in [-0.4, -0.2) is 55.9 Å². The number of halogens is 1. The van der Waals surface area contributed by atoms with Crippen molar-refractivity contribution in [1.29, 1.82) is 0 Å². The molecule has 5 nitrogen and oxygen atoms in total. The highest BCUT2D eigenvalue weighted by Gasteiger charge is 2.30. The molecular weight excluding hydrogens is 310 g/mol. The van der Waals surface area contributed by atoms with E-state index in [1.54, 1.807) is 21.1 Å². The van der Waals surface area contributed by atoms with Crippen LogP contribution in [0, 0.1) is 5.92 Å². The van der Waals surface area contributed by atoms with Gasteiger partial charge in [-0.25, -0.2) is 8.42 Å². The Bertz CT molecular complexity index is 575. The van der Waals surface area contributed by atoms with E-state index in [9.17, 15) is 8.42 Å². The van der Waals surface area contributed by atoms with E-state index >= 15 is 0 Å². The number of rotatable bonds is 5. The minimum absolute atomic E-state index is 0.316. The summed E-state index contributed by atoms with van der Waals surface area (Å²) in [6.45, 7) is 2.23. The summed E-state index contributed by atoms with van der Waals surface area (Å²) in [4.78, 5) is 2.52. The van der Waals surface area contributed by atoms with Gasteiger partial charge in [-0.05, 0) is 38.9 Å². The van der Waals surface area contributed by atoms with E-state index < -0.39 is 10.0 Å². The lowest BCUT2D eigenvalue weighted by Gasteiger charge is -2.32. The molecule has 0 saturated carbocycles. The van der Waals surface area contributed by atoms with Crippen molar-refractivity contribution in [2.24, 2.45) is 13.0 Å². The number of aromatic nitrogens is 1. The van der Waals surface area contributed by atoms with Crippen molar-refractivity contribution in [3.63, 3.8) is 0 Å². The van der Waals surface area contributed by atoms with Gasteiger partial charge in [0.05, 0.1) is 5.88 Å². The van der Waals surface area contributed by atoms with Gasteiger partial charge in [-0.2, -0.15) is 4.31 Å². The molecule has 0 unspecified atom stereocenters. The Morgan fingerprint density at radius 1 is 1.33 bits per heavy atom. The van der Waals surface area contributed by atoms with Crippen molar-refractivity contribution in [3.8, 4) is 0 Å². The highest BCUT2D eigenvalue weighted by molar-refractivity contribution is 7.89. The quantitative estimate of drug-likeness (QED) is 0.771. The smallest absolute Gasteiger partial charge is 0.244 e. The number of hydrogen-bond donors (Lipinski definition) is 0. The topological polar surface area (TPSA) is 45.6 Å². The predicted octanol–water partition coefficient (Wildman–Crippen LogP) is 1.73. The molecule has 2 rings (SSSR count). The monoisotopic (exact) mass is 333 g/mol. The molecule has 0 spiro atoms. The van der Waals surface area contributed by atoms with E-state index in [0.29, 0.717) is 29.8 Å². The van der Waals surface area contributed by atoms with Crippen LogP contribution >= 0.6 is 11.6 Å². The van der Waals surface area contributed by atoms with Crippen LogP contribution in [0.3, 0.4) is 0 Å². The Kier molecular flexibility index (Phi) is 5.35. The van der Waals surface area contributed by atoms with Gasteiger partial charge in [0.15, 0.2) is 0 Å². The maximum atomic E-state index is 12.7. The maximum Gasteiger partial charge on any atom is 0.244 e. The van der Waals surface area contributed by atoms with Crippen LogP contribution in [0.5, 0.6) is 0 Å². The number of hydrogen-bond acceptors (Lipinski definition) is 3. The third-order valence-electron chi connectivity index (χ3n) is 4.05. The second-order valence-electron chi connectivity index (χ2n) is 6.02. The number of nitrogens with zero attached hydrogens (tertiary/aromatic N) is 3. The van der Waals surface area contributed by atoms with Crippen LogP contribution in [0.4, 0.5) is 0 Å². The number of piperidine rings is 1. The van der Waals surface area contributed by atoms with E-state index in [-0.39, 0.29) is 0 Å². The highest BCUT2D eigenvalue weighted by Crippen LogP contribution is 2.25. The number of aryl methyl sites for hydroxylation is 1. The molecule has 120 valence electrons. The molecule has 1 saturated heterocycles. The molecule has 0 aliphatic carbocycles. The Morgan fingerprint density at radius 3 is 2.43 bits per heavy atom.